The fourth-order valence-corrected chi connectivity index (χ4v) is 3.99. The normalized spacial score (nSPS) is 17.0. The van der Waals surface area contributed by atoms with E-state index in [4.69, 9.17) is 4.74 Å². The number of anilines is 2. The molecule has 156 valence electrons. The van der Waals surface area contributed by atoms with E-state index >= 15 is 0 Å². The molecule has 1 atom stereocenters. The van der Waals surface area contributed by atoms with Gasteiger partial charge in [0, 0.05) is 13.1 Å². The van der Waals surface area contributed by atoms with Crippen molar-refractivity contribution in [3.8, 4) is 0 Å². The minimum Gasteiger partial charge on any atom is -0.452 e. The number of rotatable bonds is 7. The van der Waals surface area contributed by atoms with Crippen molar-refractivity contribution >= 4 is 29.2 Å². The predicted octanol–water partition coefficient (Wildman–Crippen LogP) is 2.51. The predicted molar refractivity (Wildman–Crippen MR) is 113 cm³/mol. The van der Waals surface area contributed by atoms with Crippen molar-refractivity contribution in [2.24, 2.45) is 0 Å². The molecule has 2 aliphatic heterocycles. The molecule has 2 aliphatic rings. The van der Waals surface area contributed by atoms with Crippen LogP contribution in [0.5, 0.6) is 0 Å². The molecule has 2 amide bonds. The first-order chi connectivity index (χ1) is 14.6. The molecule has 0 saturated carbocycles. The van der Waals surface area contributed by atoms with Crippen molar-refractivity contribution in [1.82, 2.24) is 5.32 Å². The minimum absolute atomic E-state index is 0.0413. The minimum atomic E-state index is -0.588. The SMILES string of the molecule is O=C(COC(=O)c1ccc2c(c1)NC(=O)[C@H]1CCCN21)NCCCc1ccccc1. The van der Waals surface area contributed by atoms with Crippen LogP contribution in [-0.2, 0) is 20.7 Å². The molecule has 0 bridgehead atoms. The van der Waals surface area contributed by atoms with Gasteiger partial charge >= 0.3 is 5.97 Å². The van der Waals surface area contributed by atoms with Crippen LogP contribution < -0.4 is 15.5 Å². The molecule has 2 heterocycles. The molecule has 4 rings (SSSR count). The van der Waals surface area contributed by atoms with Crippen molar-refractivity contribution in [1.29, 1.82) is 0 Å². The third kappa shape index (κ3) is 4.45. The number of benzene rings is 2. The summed E-state index contributed by atoms with van der Waals surface area (Å²) in [6, 6.07) is 15.0. The molecule has 1 saturated heterocycles. The fourth-order valence-electron chi connectivity index (χ4n) is 3.99. The van der Waals surface area contributed by atoms with Gasteiger partial charge in [0.1, 0.15) is 6.04 Å². The summed E-state index contributed by atoms with van der Waals surface area (Å²) in [7, 11) is 0. The van der Waals surface area contributed by atoms with E-state index in [1.54, 1.807) is 12.1 Å². The highest BCUT2D eigenvalue weighted by molar-refractivity contribution is 6.05. The number of carbonyl (C=O) groups is 3. The summed E-state index contributed by atoms with van der Waals surface area (Å²) in [5.41, 5.74) is 3.06. The Labute approximate surface area is 175 Å². The van der Waals surface area contributed by atoms with Crippen molar-refractivity contribution in [2.75, 3.05) is 29.9 Å². The largest absolute Gasteiger partial charge is 0.452 e. The second kappa shape index (κ2) is 8.98. The monoisotopic (exact) mass is 407 g/mol. The number of carbonyl (C=O) groups excluding carboxylic acids is 3. The number of aryl methyl sites for hydroxylation is 1. The molecule has 7 nitrogen and oxygen atoms in total. The van der Waals surface area contributed by atoms with Crippen LogP contribution in [0.2, 0.25) is 0 Å². The second-order valence-corrected chi connectivity index (χ2v) is 7.59. The van der Waals surface area contributed by atoms with E-state index in [-0.39, 0.29) is 24.5 Å². The Kier molecular flexibility index (Phi) is 5.97. The van der Waals surface area contributed by atoms with Gasteiger partial charge < -0.3 is 20.3 Å². The molecule has 1 fully saturated rings. The lowest BCUT2D eigenvalue weighted by Gasteiger charge is -2.33. The average Bonchev–Trinajstić information content (AvgIpc) is 3.26. The third-order valence-corrected chi connectivity index (χ3v) is 5.50. The zero-order valence-electron chi connectivity index (χ0n) is 16.7. The molecular formula is C23H25N3O4. The Hall–Kier alpha value is -3.35. The van der Waals surface area contributed by atoms with Crippen LogP contribution in [0.4, 0.5) is 11.4 Å². The van der Waals surface area contributed by atoms with Gasteiger partial charge in [-0.1, -0.05) is 30.3 Å². The van der Waals surface area contributed by atoms with E-state index in [1.165, 1.54) is 5.56 Å². The number of ether oxygens (including phenoxy) is 1. The standard InChI is InChI=1S/C23H25N3O4/c27-21(24-12-4-8-16-6-2-1-3-7-16)15-30-23(29)17-10-11-19-18(14-17)25-22(28)20-9-5-13-26(19)20/h1-3,6-7,10-11,14,20H,4-5,8-9,12-13,15H2,(H,24,27)(H,25,28)/t20-/m1/s1. The van der Waals surface area contributed by atoms with Gasteiger partial charge in [-0.05, 0) is 49.4 Å². The first-order valence-electron chi connectivity index (χ1n) is 10.3. The van der Waals surface area contributed by atoms with Crippen molar-refractivity contribution in [3.63, 3.8) is 0 Å². The summed E-state index contributed by atoms with van der Waals surface area (Å²) in [6.07, 6.45) is 3.50. The van der Waals surface area contributed by atoms with Gasteiger partial charge in [-0.3, -0.25) is 9.59 Å². The van der Waals surface area contributed by atoms with Crippen molar-refractivity contribution in [2.45, 2.75) is 31.7 Å². The van der Waals surface area contributed by atoms with E-state index in [0.29, 0.717) is 17.8 Å². The Morgan fingerprint density at radius 3 is 2.83 bits per heavy atom. The molecule has 2 aromatic rings. The Morgan fingerprint density at radius 2 is 2.00 bits per heavy atom. The number of hydrogen-bond acceptors (Lipinski definition) is 5. The average molecular weight is 407 g/mol. The lowest BCUT2D eigenvalue weighted by Crippen LogP contribution is -2.43. The number of nitrogens with zero attached hydrogens (tertiary/aromatic N) is 1. The lowest BCUT2D eigenvalue weighted by atomic mass is 10.1. The first-order valence-corrected chi connectivity index (χ1v) is 10.3. The number of amides is 2. The molecule has 0 radical (unpaired) electrons. The molecule has 30 heavy (non-hydrogen) atoms. The maximum Gasteiger partial charge on any atom is 0.338 e. The molecule has 0 aliphatic carbocycles. The summed E-state index contributed by atoms with van der Waals surface area (Å²) in [4.78, 5) is 38.6. The number of hydrogen-bond donors (Lipinski definition) is 2. The maximum absolute atomic E-state index is 12.3. The van der Waals surface area contributed by atoms with Crippen molar-refractivity contribution < 1.29 is 19.1 Å². The van der Waals surface area contributed by atoms with Crippen LogP contribution in [0, 0.1) is 0 Å². The topological polar surface area (TPSA) is 87.7 Å². The van der Waals surface area contributed by atoms with E-state index < -0.39 is 5.97 Å². The van der Waals surface area contributed by atoms with Gasteiger partial charge in [0.05, 0.1) is 16.9 Å². The van der Waals surface area contributed by atoms with Crippen LogP contribution in [0.3, 0.4) is 0 Å². The number of nitrogens with one attached hydrogen (secondary N) is 2. The second-order valence-electron chi connectivity index (χ2n) is 7.59. The number of esters is 1. The Bertz CT molecular complexity index is 945. The van der Waals surface area contributed by atoms with Gasteiger partial charge in [0.15, 0.2) is 6.61 Å². The smallest absolute Gasteiger partial charge is 0.338 e. The molecule has 0 aromatic heterocycles. The zero-order valence-corrected chi connectivity index (χ0v) is 16.7. The summed E-state index contributed by atoms with van der Waals surface area (Å²) in [5, 5.41) is 5.63. The lowest BCUT2D eigenvalue weighted by molar-refractivity contribution is -0.124. The maximum atomic E-state index is 12.3. The Balaban J connectivity index is 1.25. The van der Waals surface area contributed by atoms with E-state index in [0.717, 1.165) is 37.9 Å². The van der Waals surface area contributed by atoms with Gasteiger partial charge in [-0.15, -0.1) is 0 Å². The highest BCUT2D eigenvalue weighted by Crippen LogP contribution is 2.37. The van der Waals surface area contributed by atoms with Gasteiger partial charge in [-0.25, -0.2) is 4.79 Å². The summed E-state index contributed by atoms with van der Waals surface area (Å²) < 4.78 is 5.13. The zero-order chi connectivity index (χ0) is 20.9. The molecular weight excluding hydrogens is 382 g/mol. The Morgan fingerprint density at radius 1 is 1.17 bits per heavy atom. The van der Waals surface area contributed by atoms with Crippen LogP contribution in [0.1, 0.15) is 35.2 Å². The van der Waals surface area contributed by atoms with Gasteiger partial charge in [0.25, 0.3) is 5.91 Å². The van der Waals surface area contributed by atoms with Crippen LogP contribution in [-0.4, -0.2) is 43.5 Å². The van der Waals surface area contributed by atoms with Gasteiger partial charge in [0.2, 0.25) is 5.91 Å². The van der Waals surface area contributed by atoms with Crippen molar-refractivity contribution in [3.05, 3.63) is 59.7 Å². The van der Waals surface area contributed by atoms with Gasteiger partial charge in [-0.2, -0.15) is 0 Å². The third-order valence-electron chi connectivity index (χ3n) is 5.50. The highest BCUT2D eigenvalue weighted by Gasteiger charge is 2.36. The molecule has 2 N–H and O–H groups in total. The van der Waals surface area contributed by atoms with E-state index in [1.807, 2.05) is 24.3 Å². The van der Waals surface area contributed by atoms with Crippen LogP contribution in [0.15, 0.2) is 48.5 Å². The molecule has 7 heteroatoms. The first kappa shape index (κ1) is 19.9. The van der Waals surface area contributed by atoms with Crippen LogP contribution in [0.25, 0.3) is 0 Å². The molecule has 0 spiro atoms. The van der Waals surface area contributed by atoms with Crippen LogP contribution >= 0.6 is 0 Å². The summed E-state index contributed by atoms with van der Waals surface area (Å²) in [5.74, 6) is -0.960. The summed E-state index contributed by atoms with van der Waals surface area (Å²) in [6.45, 7) is 1.02. The van der Waals surface area contributed by atoms with E-state index in [9.17, 15) is 14.4 Å². The fraction of sp³-hybridized carbons (Fsp3) is 0.348. The highest BCUT2D eigenvalue weighted by atomic mass is 16.5. The number of fused-ring (bicyclic) bond motifs is 3. The van der Waals surface area contributed by atoms with E-state index in [2.05, 4.69) is 27.7 Å². The molecule has 0 unspecified atom stereocenters. The summed E-state index contributed by atoms with van der Waals surface area (Å²) >= 11 is 0. The molecule has 2 aromatic carbocycles. The quantitative estimate of drug-likeness (QED) is 0.544.